The zero-order valence-electron chi connectivity index (χ0n) is 12.0. The second-order valence-corrected chi connectivity index (χ2v) is 5.73. The summed E-state index contributed by atoms with van der Waals surface area (Å²) in [6.45, 7) is 0. The molecule has 2 aromatic carbocycles. The van der Waals surface area contributed by atoms with Gasteiger partial charge in [-0.05, 0) is 30.5 Å². The second-order valence-electron chi connectivity index (χ2n) is 4.91. The van der Waals surface area contributed by atoms with E-state index >= 15 is 0 Å². The Labute approximate surface area is 133 Å². The average Bonchev–Trinajstić information content (AvgIpc) is 2.99. The van der Waals surface area contributed by atoms with Crippen molar-refractivity contribution in [2.75, 3.05) is 11.2 Å². The van der Waals surface area contributed by atoms with Crippen LogP contribution < -0.4 is 4.90 Å². The van der Waals surface area contributed by atoms with Crippen molar-refractivity contribution in [1.29, 1.82) is 0 Å². The Morgan fingerprint density at radius 3 is 2.41 bits per heavy atom. The molecule has 2 heterocycles. The molecule has 0 spiro atoms. The van der Waals surface area contributed by atoms with Gasteiger partial charge in [-0.25, -0.2) is 0 Å². The highest BCUT2D eigenvalue weighted by Gasteiger charge is 2.23. The predicted octanol–water partition coefficient (Wildman–Crippen LogP) is 4.08. The van der Waals surface area contributed by atoms with Crippen LogP contribution in [-0.4, -0.2) is 21.0 Å². The van der Waals surface area contributed by atoms with Crippen LogP contribution in [0.2, 0.25) is 0 Å². The van der Waals surface area contributed by atoms with Crippen molar-refractivity contribution in [3.05, 3.63) is 71.8 Å². The van der Waals surface area contributed by atoms with Gasteiger partial charge in [-0.1, -0.05) is 30.3 Å². The van der Waals surface area contributed by atoms with Gasteiger partial charge in [0.15, 0.2) is 5.82 Å². The minimum Gasteiger partial charge on any atom is -0.303 e. The number of benzene rings is 2. The number of hydrogen-bond donors (Lipinski definition) is 0. The molecule has 4 nitrogen and oxygen atoms in total. The molecule has 0 unspecified atom stereocenters. The van der Waals surface area contributed by atoms with Crippen molar-refractivity contribution in [2.45, 2.75) is 0 Å². The monoisotopic (exact) mass is 306 g/mol. The molecule has 0 atom stereocenters. The van der Waals surface area contributed by atoms with Gasteiger partial charge in [0.2, 0.25) is 0 Å². The third-order valence-electron chi connectivity index (χ3n) is 3.65. The maximum Gasteiger partial charge on any atom is 0.163 e. The van der Waals surface area contributed by atoms with E-state index in [-0.39, 0.29) is 0 Å². The lowest BCUT2D eigenvalue weighted by molar-refractivity contribution is 1.04. The van der Waals surface area contributed by atoms with Gasteiger partial charge < -0.3 is 4.90 Å². The highest BCUT2D eigenvalue weighted by Crippen LogP contribution is 2.40. The van der Waals surface area contributed by atoms with Gasteiger partial charge in [0.25, 0.3) is 0 Å². The summed E-state index contributed by atoms with van der Waals surface area (Å²) in [5.74, 6) is 0.843. The molecule has 3 aromatic rings. The van der Waals surface area contributed by atoms with E-state index in [2.05, 4.69) is 69.9 Å². The first-order chi connectivity index (χ1) is 10.9. The molecule has 0 aliphatic carbocycles. The van der Waals surface area contributed by atoms with Gasteiger partial charge in [0.1, 0.15) is 6.33 Å². The number of aromatic nitrogens is 3. The molecule has 0 saturated carbocycles. The number of thioether (sulfide) groups is 1. The molecule has 0 saturated heterocycles. The van der Waals surface area contributed by atoms with E-state index in [1.54, 1.807) is 18.1 Å². The van der Waals surface area contributed by atoms with Crippen molar-refractivity contribution >= 4 is 29.2 Å². The highest BCUT2D eigenvalue weighted by molar-refractivity contribution is 8.02. The summed E-state index contributed by atoms with van der Waals surface area (Å²) in [4.78, 5) is 2.26. The van der Waals surface area contributed by atoms with E-state index in [1.165, 1.54) is 0 Å². The number of nitrogens with zero attached hydrogens (tertiary/aromatic N) is 4. The number of rotatable bonds is 2. The van der Waals surface area contributed by atoms with Crippen LogP contribution in [0.4, 0.5) is 11.4 Å². The van der Waals surface area contributed by atoms with Crippen molar-refractivity contribution < 1.29 is 0 Å². The van der Waals surface area contributed by atoms with Crippen LogP contribution in [0.25, 0.3) is 11.8 Å². The van der Waals surface area contributed by atoms with Crippen LogP contribution in [-0.2, 0) is 0 Å². The smallest absolute Gasteiger partial charge is 0.163 e. The number of hydrogen-bond acceptors (Lipinski definition) is 4. The molecular weight excluding hydrogens is 292 g/mol. The highest BCUT2D eigenvalue weighted by atomic mass is 32.2. The van der Waals surface area contributed by atoms with E-state index in [9.17, 15) is 0 Å². The summed E-state index contributed by atoms with van der Waals surface area (Å²) in [5, 5.41) is 9.41. The molecular formula is C17H14N4S. The standard InChI is InChI=1S/C17H14N4S/c1-22-17-11-16-19-18-12-20(16)14-9-5-6-10-15(14)21(17)13-7-3-2-4-8-13/h2-12H,1H3. The van der Waals surface area contributed by atoms with Crippen LogP contribution >= 0.6 is 11.8 Å². The first kappa shape index (κ1) is 13.2. The Morgan fingerprint density at radius 2 is 1.64 bits per heavy atom. The maximum atomic E-state index is 4.24. The topological polar surface area (TPSA) is 34.0 Å². The van der Waals surface area contributed by atoms with Gasteiger partial charge in [-0.3, -0.25) is 4.57 Å². The van der Waals surface area contributed by atoms with Crippen LogP contribution in [0, 0.1) is 0 Å². The normalized spacial score (nSPS) is 13.1. The van der Waals surface area contributed by atoms with E-state index in [4.69, 9.17) is 0 Å². The van der Waals surface area contributed by atoms with Gasteiger partial charge in [0.05, 0.1) is 16.4 Å². The molecule has 5 heteroatoms. The number of anilines is 2. The minimum absolute atomic E-state index is 0.843. The molecule has 4 rings (SSSR count). The maximum absolute atomic E-state index is 4.24. The van der Waals surface area contributed by atoms with Gasteiger partial charge in [0, 0.05) is 11.8 Å². The minimum atomic E-state index is 0.843. The fourth-order valence-corrected chi connectivity index (χ4v) is 3.28. The Bertz CT molecular complexity index is 839. The van der Waals surface area contributed by atoms with Crippen molar-refractivity contribution in [3.8, 4) is 5.69 Å². The van der Waals surface area contributed by atoms with Crippen molar-refractivity contribution in [3.63, 3.8) is 0 Å². The van der Waals surface area contributed by atoms with E-state index < -0.39 is 0 Å². The zero-order chi connectivity index (χ0) is 14.9. The van der Waals surface area contributed by atoms with E-state index in [1.807, 2.05) is 16.7 Å². The molecule has 0 radical (unpaired) electrons. The molecule has 1 aromatic heterocycles. The lowest BCUT2D eigenvalue weighted by atomic mass is 10.2. The molecule has 0 amide bonds. The molecule has 22 heavy (non-hydrogen) atoms. The largest absolute Gasteiger partial charge is 0.303 e. The predicted molar refractivity (Wildman–Crippen MR) is 91.4 cm³/mol. The SMILES string of the molecule is CSC1=Cc2nncn2-c2ccccc2N1c1ccccc1. The summed E-state index contributed by atoms with van der Waals surface area (Å²) in [6, 6.07) is 18.7. The third kappa shape index (κ3) is 2.02. The lowest BCUT2D eigenvalue weighted by Crippen LogP contribution is -2.14. The first-order valence-corrected chi connectivity index (χ1v) is 8.21. The second kappa shape index (κ2) is 5.35. The van der Waals surface area contributed by atoms with Gasteiger partial charge >= 0.3 is 0 Å². The summed E-state index contributed by atoms with van der Waals surface area (Å²) >= 11 is 1.70. The molecule has 0 N–H and O–H groups in total. The quantitative estimate of drug-likeness (QED) is 0.714. The molecule has 0 fully saturated rings. The Hall–Kier alpha value is -2.53. The fraction of sp³-hybridized carbons (Fsp3) is 0.0588. The zero-order valence-corrected chi connectivity index (χ0v) is 12.9. The van der Waals surface area contributed by atoms with Crippen LogP contribution in [0.5, 0.6) is 0 Å². The molecule has 0 bridgehead atoms. The summed E-state index contributed by atoms with van der Waals surface area (Å²) < 4.78 is 2.02. The summed E-state index contributed by atoms with van der Waals surface area (Å²) in [7, 11) is 0. The van der Waals surface area contributed by atoms with Gasteiger partial charge in [-0.15, -0.1) is 22.0 Å². The van der Waals surface area contributed by atoms with E-state index in [0.29, 0.717) is 0 Å². The van der Waals surface area contributed by atoms with Crippen molar-refractivity contribution in [1.82, 2.24) is 14.8 Å². The summed E-state index contributed by atoms with van der Waals surface area (Å²) in [6.07, 6.45) is 5.91. The third-order valence-corrected chi connectivity index (χ3v) is 4.37. The Balaban J connectivity index is 2.02. The van der Waals surface area contributed by atoms with Crippen LogP contribution in [0.15, 0.2) is 66.0 Å². The van der Waals surface area contributed by atoms with Gasteiger partial charge in [-0.2, -0.15) is 0 Å². The Morgan fingerprint density at radius 1 is 0.909 bits per heavy atom. The fourth-order valence-electron chi connectivity index (χ4n) is 2.67. The van der Waals surface area contributed by atoms with Crippen LogP contribution in [0.3, 0.4) is 0 Å². The first-order valence-electron chi connectivity index (χ1n) is 6.99. The summed E-state index contributed by atoms with van der Waals surface area (Å²) in [5.41, 5.74) is 3.33. The average molecular weight is 306 g/mol. The molecule has 1 aliphatic rings. The number of para-hydroxylation sites is 3. The lowest BCUT2D eigenvalue weighted by Gasteiger charge is -2.26. The van der Waals surface area contributed by atoms with Crippen molar-refractivity contribution in [2.24, 2.45) is 0 Å². The van der Waals surface area contributed by atoms with Crippen LogP contribution in [0.1, 0.15) is 5.82 Å². The molecule has 108 valence electrons. The molecule has 1 aliphatic heterocycles. The Kier molecular flexibility index (Phi) is 3.20. The van der Waals surface area contributed by atoms with E-state index in [0.717, 1.165) is 27.9 Å². The number of fused-ring (bicyclic) bond motifs is 3.